The third-order valence-corrected chi connectivity index (χ3v) is 2.43. The minimum Gasteiger partial charge on any atom is -0.476 e. The van der Waals surface area contributed by atoms with Gasteiger partial charge in [-0.3, -0.25) is 9.78 Å². The molecule has 0 bridgehead atoms. The van der Waals surface area contributed by atoms with Crippen LogP contribution in [0, 0.1) is 0 Å². The third-order valence-electron chi connectivity index (χ3n) is 2.43. The van der Waals surface area contributed by atoms with E-state index in [4.69, 9.17) is 5.11 Å². The average Bonchev–Trinajstić information content (AvgIpc) is 2.89. The van der Waals surface area contributed by atoms with Crippen LogP contribution in [0.4, 0.5) is 0 Å². The van der Waals surface area contributed by atoms with Crippen molar-refractivity contribution in [3.05, 3.63) is 48.3 Å². The molecule has 0 unspecified atom stereocenters. The third kappa shape index (κ3) is 3.38. The number of carbonyl (C=O) groups is 2. The van der Waals surface area contributed by atoms with Gasteiger partial charge in [-0.1, -0.05) is 0 Å². The molecule has 0 aromatic carbocycles. The summed E-state index contributed by atoms with van der Waals surface area (Å²) in [5.74, 6) is -1.29. The van der Waals surface area contributed by atoms with Gasteiger partial charge in [-0.15, -0.1) is 0 Å². The molecule has 98 valence electrons. The van der Waals surface area contributed by atoms with Gasteiger partial charge in [0.2, 0.25) is 0 Å². The van der Waals surface area contributed by atoms with Crippen molar-refractivity contribution in [2.45, 2.75) is 6.54 Å². The number of amides is 1. The number of aromatic nitrogens is 3. The van der Waals surface area contributed by atoms with Gasteiger partial charge in [0.25, 0.3) is 5.91 Å². The lowest BCUT2D eigenvalue weighted by molar-refractivity contribution is 0.0690. The van der Waals surface area contributed by atoms with Crippen LogP contribution in [0.1, 0.15) is 20.8 Å². The van der Waals surface area contributed by atoms with Crippen LogP contribution in [0.25, 0.3) is 0 Å². The van der Waals surface area contributed by atoms with Crippen LogP contribution in [0.3, 0.4) is 0 Å². The average molecular weight is 260 g/mol. The van der Waals surface area contributed by atoms with Crippen LogP contribution in [0.15, 0.2) is 37.1 Å². The number of carbonyl (C=O) groups excluding carboxylic acids is 1. The summed E-state index contributed by atoms with van der Waals surface area (Å²) in [4.78, 5) is 29.9. The van der Waals surface area contributed by atoms with Gasteiger partial charge in [0, 0.05) is 31.7 Å². The van der Waals surface area contributed by atoms with E-state index in [1.807, 2.05) is 0 Å². The Bertz CT molecular complexity index is 580. The van der Waals surface area contributed by atoms with Gasteiger partial charge in [0.05, 0.1) is 11.9 Å². The summed E-state index contributed by atoms with van der Waals surface area (Å²) in [6, 6.07) is 3.35. The summed E-state index contributed by atoms with van der Waals surface area (Å²) in [5.41, 5.74) is 0.470. The molecular weight excluding hydrogens is 248 g/mol. The van der Waals surface area contributed by atoms with E-state index in [-0.39, 0.29) is 11.6 Å². The molecule has 0 saturated carbocycles. The molecule has 2 aromatic heterocycles. The summed E-state index contributed by atoms with van der Waals surface area (Å²) in [7, 11) is 0. The Labute approximate surface area is 108 Å². The second-order valence-corrected chi connectivity index (χ2v) is 3.80. The van der Waals surface area contributed by atoms with Gasteiger partial charge in [0.1, 0.15) is 0 Å². The van der Waals surface area contributed by atoms with Crippen LogP contribution < -0.4 is 5.32 Å². The van der Waals surface area contributed by atoms with Crippen molar-refractivity contribution in [1.82, 2.24) is 19.9 Å². The van der Waals surface area contributed by atoms with E-state index in [1.165, 1.54) is 18.7 Å². The van der Waals surface area contributed by atoms with Gasteiger partial charge in [0.15, 0.2) is 5.69 Å². The fourth-order valence-electron chi connectivity index (χ4n) is 1.49. The van der Waals surface area contributed by atoms with Crippen LogP contribution >= 0.6 is 0 Å². The SMILES string of the molecule is O=C(NCCn1cnc(C(=O)O)c1)c1cccnc1. The Morgan fingerprint density at radius 3 is 2.89 bits per heavy atom. The fourth-order valence-corrected chi connectivity index (χ4v) is 1.49. The van der Waals surface area contributed by atoms with E-state index in [9.17, 15) is 9.59 Å². The predicted octanol–water partition coefficient (Wildman–Crippen LogP) is 0.406. The van der Waals surface area contributed by atoms with Gasteiger partial charge in [-0.25, -0.2) is 9.78 Å². The van der Waals surface area contributed by atoms with Crippen molar-refractivity contribution in [2.75, 3.05) is 6.54 Å². The van der Waals surface area contributed by atoms with E-state index in [1.54, 1.807) is 22.9 Å². The first-order valence-electron chi connectivity index (χ1n) is 5.60. The predicted molar refractivity (Wildman–Crippen MR) is 65.8 cm³/mol. The summed E-state index contributed by atoms with van der Waals surface area (Å²) in [5, 5.41) is 11.4. The number of aromatic carboxylic acids is 1. The highest BCUT2D eigenvalue weighted by molar-refractivity contribution is 5.93. The monoisotopic (exact) mass is 260 g/mol. The maximum absolute atomic E-state index is 11.7. The van der Waals surface area contributed by atoms with Crippen molar-refractivity contribution in [2.24, 2.45) is 0 Å². The maximum Gasteiger partial charge on any atom is 0.356 e. The topological polar surface area (TPSA) is 97.1 Å². The molecule has 2 aromatic rings. The zero-order valence-corrected chi connectivity index (χ0v) is 9.98. The lowest BCUT2D eigenvalue weighted by Gasteiger charge is -2.05. The number of rotatable bonds is 5. The van der Waals surface area contributed by atoms with Crippen molar-refractivity contribution < 1.29 is 14.7 Å². The van der Waals surface area contributed by atoms with Gasteiger partial charge in [-0.2, -0.15) is 0 Å². The fraction of sp³-hybridized carbons (Fsp3) is 0.167. The van der Waals surface area contributed by atoms with E-state index >= 15 is 0 Å². The zero-order chi connectivity index (χ0) is 13.7. The first-order valence-corrected chi connectivity index (χ1v) is 5.60. The largest absolute Gasteiger partial charge is 0.476 e. The molecule has 0 aliphatic heterocycles. The quantitative estimate of drug-likeness (QED) is 0.811. The van der Waals surface area contributed by atoms with Crippen LogP contribution in [-0.4, -0.2) is 38.1 Å². The van der Waals surface area contributed by atoms with Crippen molar-refractivity contribution in [3.8, 4) is 0 Å². The van der Waals surface area contributed by atoms with Crippen molar-refractivity contribution >= 4 is 11.9 Å². The normalized spacial score (nSPS) is 10.1. The summed E-state index contributed by atoms with van der Waals surface area (Å²) >= 11 is 0. The summed E-state index contributed by atoms with van der Waals surface area (Å²) < 4.78 is 1.60. The van der Waals surface area contributed by atoms with Crippen molar-refractivity contribution in [1.29, 1.82) is 0 Å². The molecule has 0 spiro atoms. The number of carboxylic acid groups (broad SMARTS) is 1. The zero-order valence-electron chi connectivity index (χ0n) is 9.98. The lowest BCUT2D eigenvalue weighted by Crippen LogP contribution is -2.27. The molecule has 0 atom stereocenters. The highest BCUT2D eigenvalue weighted by Crippen LogP contribution is 1.97. The molecule has 7 nitrogen and oxygen atoms in total. The number of carboxylic acids is 1. The summed E-state index contributed by atoms with van der Waals surface area (Å²) in [6.07, 6.45) is 5.91. The molecule has 2 N–H and O–H groups in total. The Hall–Kier alpha value is -2.70. The number of hydrogen-bond acceptors (Lipinski definition) is 4. The minimum atomic E-state index is -1.07. The second kappa shape index (κ2) is 5.76. The molecule has 0 saturated heterocycles. The number of nitrogens with zero attached hydrogens (tertiary/aromatic N) is 3. The van der Waals surface area contributed by atoms with E-state index in [0.717, 1.165) is 0 Å². The van der Waals surface area contributed by atoms with Crippen LogP contribution in [-0.2, 0) is 6.54 Å². The van der Waals surface area contributed by atoms with Crippen molar-refractivity contribution in [3.63, 3.8) is 0 Å². The molecule has 7 heteroatoms. The molecular formula is C12H12N4O3. The van der Waals surface area contributed by atoms with E-state index in [2.05, 4.69) is 15.3 Å². The molecule has 2 heterocycles. The summed E-state index contributed by atoms with van der Waals surface area (Å²) in [6.45, 7) is 0.829. The Balaban J connectivity index is 1.83. The Kier molecular flexibility index (Phi) is 3.87. The highest BCUT2D eigenvalue weighted by atomic mass is 16.4. The Morgan fingerprint density at radius 1 is 1.42 bits per heavy atom. The molecule has 0 aliphatic carbocycles. The first kappa shape index (κ1) is 12.7. The second-order valence-electron chi connectivity index (χ2n) is 3.80. The van der Waals surface area contributed by atoms with Gasteiger partial charge in [-0.05, 0) is 12.1 Å². The molecule has 0 aliphatic rings. The minimum absolute atomic E-state index is 0.0152. The smallest absolute Gasteiger partial charge is 0.356 e. The Morgan fingerprint density at radius 2 is 2.26 bits per heavy atom. The van der Waals surface area contributed by atoms with Gasteiger partial charge >= 0.3 is 5.97 Å². The van der Waals surface area contributed by atoms with Crippen LogP contribution in [0.2, 0.25) is 0 Å². The highest BCUT2D eigenvalue weighted by Gasteiger charge is 2.07. The molecule has 1 amide bonds. The molecule has 0 fully saturated rings. The van der Waals surface area contributed by atoms with Crippen LogP contribution in [0.5, 0.6) is 0 Å². The number of nitrogens with one attached hydrogen (secondary N) is 1. The lowest BCUT2D eigenvalue weighted by atomic mass is 10.3. The molecule has 0 radical (unpaired) electrons. The standard InChI is InChI=1S/C12H12N4O3/c17-11(9-2-1-3-13-6-9)14-4-5-16-7-10(12(18)19)15-8-16/h1-3,6-8H,4-5H2,(H,14,17)(H,18,19). The first-order chi connectivity index (χ1) is 9.16. The maximum atomic E-state index is 11.7. The number of pyridine rings is 1. The molecule has 19 heavy (non-hydrogen) atoms. The molecule has 2 rings (SSSR count). The number of hydrogen-bond donors (Lipinski definition) is 2. The van der Waals surface area contributed by atoms with E-state index < -0.39 is 5.97 Å². The number of imidazole rings is 1. The van der Waals surface area contributed by atoms with E-state index in [0.29, 0.717) is 18.7 Å². The van der Waals surface area contributed by atoms with Gasteiger partial charge < -0.3 is 15.0 Å².